The molecule has 3 amide bonds. The van der Waals surface area contributed by atoms with Gasteiger partial charge in [-0.05, 0) is 30.5 Å². The van der Waals surface area contributed by atoms with Gasteiger partial charge in [0.05, 0.1) is 26.2 Å². The molecule has 2 fully saturated rings. The summed E-state index contributed by atoms with van der Waals surface area (Å²) in [6, 6.07) is 14.8. The van der Waals surface area contributed by atoms with Crippen LogP contribution in [0.2, 0.25) is 0 Å². The Balaban J connectivity index is 1.47. The molecule has 2 aliphatic heterocycles. The standard InChI is InChI=1S/C25H28N2O6/c1-31-21-10-8-18(22(13-21)32-2)14-26-15-19(9-11-23(26)28)24(29)27-20(16-33-25(27)30)12-17-6-4-3-5-7-17/h3-8,10,13,19-20H,9,11-12,14-16H2,1-2H3/t19-,20+/m0/s1. The Morgan fingerprint density at radius 2 is 1.88 bits per heavy atom. The zero-order chi connectivity index (χ0) is 23.4. The summed E-state index contributed by atoms with van der Waals surface area (Å²) >= 11 is 0. The van der Waals surface area contributed by atoms with Crippen LogP contribution in [0, 0.1) is 5.92 Å². The van der Waals surface area contributed by atoms with Crippen molar-refractivity contribution in [2.45, 2.75) is 31.8 Å². The minimum Gasteiger partial charge on any atom is -0.497 e. The number of ether oxygens (including phenoxy) is 3. The molecule has 0 unspecified atom stereocenters. The van der Waals surface area contributed by atoms with Crippen molar-refractivity contribution in [1.82, 2.24) is 9.80 Å². The van der Waals surface area contributed by atoms with Crippen molar-refractivity contribution in [1.29, 1.82) is 0 Å². The summed E-state index contributed by atoms with van der Waals surface area (Å²) < 4.78 is 15.9. The van der Waals surface area contributed by atoms with Crippen molar-refractivity contribution in [3.05, 3.63) is 59.7 Å². The topological polar surface area (TPSA) is 85.4 Å². The highest BCUT2D eigenvalue weighted by Crippen LogP contribution is 2.29. The molecule has 4 rings (SSSR count). The molecule has 8 heteroatoms. The van der Waals surface area contributed by atoms with Gasteiger partial charge in [-0.3, -0.25) is 9.59 Å². The second kappa shape index (κ2) is 9.94. The molecule has 0 spiro atoms. The fraction of sp³-hybridized carbons (Fsp3) is 0.400. The van der Waals surface area contributed by atoms with Crippen molar-refractivity contribution in [2.75, 3.05) is 27.4 Å². The average Bonchev–Trinajstić information content (AvgIpc) is 3.20. The third-order valence-corrected chi connectivity index (χ3v) is 6.22. The number of carbonyl (C=O) groups is 3. The molecule has 174 valence electrons. The van der Waals surface area contributed by atoms with E-state index in [-0.39, 0.29) is 37.4 Å². The van der Waals surface area contributed by atoms with Gasteiger partial charge in [0.1, 0.15) is 18.1 Å². The summed E-state index contributed by atoms with van der Waals surface area (Å²) in [5, 5.41) is 0. The monoisotopic (exact) mass is 452 g/mol. The largest absolute Gasteiger partial charge is 0.497 e. The van der Waals surface area contributed by atoms with Crippen LogP contribution in [0.1, 0.15) is 24.0 Å². The predicted octanol–water partition coefficient (Wildman–Crippen LogP) is 3.03. The Morgan fingerprint density at radius 1 is 1.09 bits per heavy atom. The number of cyclic esters (lactones) is 1. The quantitative estimate of drug-likeness (QED) is 0.642. The molecule has 2 aromatic rings. The second-order valence-corrected chi connectivity index (χ2v) is 8.32. The van der Waals surface area contributed by atoms with Gasteiger partial charge in [0.15, 0.2) is 0 Å². The summed E-state index contributed by atoms with van der Waals surface area (Å²) in [4.78, 5) is 41.3. The average molecular weight is 453 g/mol. The third kappa shape index (κ3) is 4.94. The summed E-state index contributed by atoms with van der Waals surface area (Å²) in [5.41, 5.74) is 1.85. The number of imide groups is 1. The van der Waals surface area contributed by atoms with Crippen LogP contribution in [0.3, 0.4) is 0 Å². The molecule has 33 heavy (non-hydrogen) atoms. The molecule has 2 atom stereocenters. The first-order chi connectivity index (χ1) is 16.0. The molecule has 0 saturated carbocycles. The van der Waals surface area contributed by atoms with Crippen LogP contribution < -0.4 is 9.47 Å². The predicted molar refractivity (Wildman–Crippen MR) is 120 cm³/mol. The molecule has 2 heterocycles. The van der Waals surface area contributed by atoms with E-state index in [1.165, 1.54) is 4.90 Å². The molecule has 0 aliphatic carbocycles. The zero-order valence-electron chi connectivity index (χ0n) is 18.9. The van der Waals surface area contributed by atoms with Crippen LogP contribution >= 0.6 is 0 Å². The van der Waals surface area contributed by atoms with Gasteiger partial charge in [0, 0.05) is 31.1 Å². The van der Waals surface area contributed by atoms with Crippen molar-refractivity contribution in [3.8, 4) is 11.5 Å². The van der Waals surface area contributed by atoms with E-state index in [2.05, 4.69) is 0 Å². The van der Waals surface area contributed by atoms with E-state index in [1.807, 2.05) is 42.5 Å². The van der Waals surface area contributed by atoms with Gasteiger partial charge in [-0.2, -0.15) is 0 Å². The Bertz CT molecular complexity index is 1020. The Morgan fingerprint density at radius 3 is 2.61 bits per heavy atom. The van der Waals surface area contributed by atoms with E-state index in [0.717, 1.165) is 11.1 Å². The number of piperidine rings is 1. The summed E-state index contributed by atoms with van der Waals surface area (Å²) in [5.74, 6) is 0.502. The number of amides is 3. The van der Waals surface area contributed by atoms with Gasteiger partial charge < -0.3 is 19.1 Å². The smallest absolute Gasteiger partial charge is 0.416 e. The van der Waals surface area contributed by atoms with Gasteiger partial charge in [-0.1, -0.05) is 30.3 Å². The number of nitrogens with zero attached hydrogens (tertiary/aromatic N) is 2. The number of rotatable bonds is 7. The first-order valence-corrected chi connectivity index (χ1v) is 11.0. The van der Waals surface area contributed by atoms with Crippen molar-refractivity contribution >= 4 is 17.9 Å². The van der Waals surface area contributed by atoms with Crippen LogP contribution in [0.5, 0.6) is 11.5 Å². The van der Waals surface area contributed by atoms with Crippen molar-refractivity contribution in [2.24, 2.45) is 5.92 Å². The first kappa shape index (κ1) is 22.6. The highest BCUT2D eigenvalue weighted by Gasteiger charge is 2.42. The normalized spacial score (nSPS) is 20.5. The van der Waals surface area contributed by atoms with E-state index in [9.17, 15) is 14.4 Å². The molecular weight excluding hydrogens is 424 g/mol. The number of methoxy groups -OCH3 is 2. The zero-order valence-corrected chi connectivity index (χ0v) is 18.9. The van der Waals surface area contributed by atoms with E-state index in [1.54, 1.807) is 25.2 Å². The maximum atomic E-state index is 13.4. The summed E-state index contributed by atoms with van der Waals surface area (Å²) in [7, 11) is 3.14. The SMILES string of the molecule is COc1ccc(CN2C[C@@H](C(=O)N3C(=O)OC[C@H]3Cc3ccccc3)CCC2=O)c(OC)c1. The fourth-order valence-corrected chi connectivity index (χ4v) is 4.42. The molecule has 2 saturated heterocycles. The Labute approximate surface area is 193 Å². The van der Waals surface area contributed by atoms with Gasteiger partial charge in [0.2, 0.25) is 11.8 Å². The van der Waals surface area contributed by atoms with Gasteiger partial charge in [-0.25, -0.2) is 9.69 Å². The van der Waals surface area contributed by atoms with Crippen LogP contribution in [0.25, 0.3) is 0 Å². The summed E-state index contributed by atoms with van der Waals surface area (Å²) in [6.45, 7) is 0.736. The number of hydrogen-bond acceptors (Lipinski definition) is 6. The van der Waals surface area contributed by atoms with Crippen molar-refractivity contribution < 1.29 is 28.6 Å². The van der Waals surface area contributed by atoms with Gasteiger partial charge >= 0.3 is 6.09 Å². The second-order valence-electron chi connectivity index (χ2n) is 8.32. The van der Waals surface area contributed by atoms with E-state index < -0.39 is 12.0 Å². The van der Waals surface area contributed by atoms with Gasteiger partial charge in [-0.15, -0.1) is 0 Å². The minimum absolute atomic E-state index is 0.0262. The maximum Gasteiger partial charge on any atom is 0.416 e. The maximum absolute atomic E-state index is 13.4. The molecule has 0 radical (unpaired) electrons. The number of carbonyl (C=O) groups excluding carboxylic acids is 3. The third-order valence-electron chi connectivity index (χ3n) is 6.22. The van der Waals surface area contributed by atoms with E-state index in [0.29, 0.717) is 30.9 Å². The van der Waals surface area contributed by atoms with Crippen LogP contribution in [-0.4, -0.2) is 61.1 Å². The molecule has 0 aromatic heterocycles. The molecule has 0 N–H and O–H groups in total. The Hall–Kier alpha value is -3.55. The highest BCUT2D eigenvalue weighted by molar-refractivity contribution is 5.95. The summed E-state index contributed by atoms with van der Waals surface area (Å²) in [6.07, 6.45) is 0.592. The Kier molecular flexibility index (Phi) is 6.82. The lowest BCUT2D eigenvalue weighted by molar-refractivity contribution is -0.142. The van der Waals surface area contributed by atoms with E-state index >= 15 is 0 Å². The number of hydrogen-bond donors (Lipinski definition) is 0. The minimum atomic E-state index is -0.610. The van der Waals surface area contributed by atoms with Crippen LogP contribution in [0.4, 0.5) is 4.79 Å². The molecule has 0 bridgehead atoms. The van der Waals surface area contributed by atoms with Gasteiger partial charge in [0.25, 0.3) is 0 Å². The molecular formula is C25H28N2O6. The lowest BCUT2D eigenvalue weighted by Crippen LogP contribution is -2.49. The van der Waals surface area contributed by atoms with Crippen LogP contribution in [0.15, 0.2) is 48.5 Å². The lowest BCUT2D eigenvalue weighted by atomic mass is 9.94. The molecule has 2 aromatic carbocycles. The molecule has 2 aliphatic rings. The van der Waals surface area contributed by atoms with Crippen LogP contribution in [-0.2, 0) is 27.3 Å². The number of likely N-dealkylation sites (tertiary alicyclic amines) is 1. The first-order valence-electron chi connectivity index (χ1n) is 11.0. The number of benzene rings is 2. The highest BCUT2D eigenvalue weighted by atomic mass is 16.6. The van der Waals surface area contributed by atoms with E-state index in [4.69, 9.17) is 14.2 Å². The fourth-order valence-electron chi connectivity index (χ4n) is 4.42. The molecule has 8 nitrogen and oxygen atoms in total. The van der Waals surface area contributed by atoms with Crippen molar-refractivity contribution in [3.63, 3.8) is 0 Å². The lowest BCUT2D eigenvalue weighted by Gasteiger charge is -2.34.